The van der Waals surface area contributed by atoms with Gasteiger partial charge in [-0.05, 0) is 30.9 Å². The molecule has 7 heteroatoms. The van der Waals surface area contributed by atoms with Gasteiger partial charge in [-0.3, -0.25) is 9.80 Å². The molecular weight excluding hydrogens is 472 g/mol. The van der Waals surface area contributed by atoms with Gasteiger partial charge in [0.2, 0.25) is 0 Å². The zero-order valence-corrected chi connectivity index (χ0v) is 22.0. The van der Waals surface area contributed by atoms with Crippen molar-refractivity contribution in [2.45, 2.75) is 45.7 Å². The van der Waals surface area contributed by atoms with Crippen molar-refractivity contribution in [3.8, 4) is 5.75 Å². The molecule has 2 fully saturated rings. The van der Waals surface area contributed by atoms with Crippen molar-refractivity contribution in [3.05, 3.63) is 64.9 Å². The first kappa shape index (κ1) is 24.8. The summed E-state index contributed by atoms with van der Waals surface area (Å²) in [4.78, 5) is 8.11. The number of nitrogens with one attached hydrogen (secondary N) is 1. The summed E-state index contributed by atoms with van der Waals surface area (Å²) in [5, 5.41) is 1.13. The smallest absolute Gasteiger partial charge is 0.135 e. The highest BCUT2D eigenvalue weighted by Crippen LogP contribution is 2.45. The lowest BCUT2D eigenvalue weighted by atomic mass is 9.82. The Kier molecular flexibility index (Phi) is 6.50. The maximum atomic E-state index is 15.8. The largest absolute Gasteiger partial charge is 0.492 e. The Balaban J connectivity index is 1.32. The van der Waals surface area contributed by atoms with Gasteiger partial charge in [0.25, 0.3) is 0 Å². The standard InChI is InChI=1S/C30H37F2N3O2/c1-4-20-14-34(15-20)9-10-37-21-12-24(31)27(25(32)13-21)29-28-23(22-7-5-6-8-26(22)33-28)11-19(2)35(29)16-30(3)17-36-18-30/h5-8,12-13,19-20,29,33H,4,9-11,14-18H2,1-3H3/t19-,29-/m1/s1. The summed E-state index contributed by atoms with van der Waals surface area (Å²) in [6.07, 6.45) is 2.02. The highest BCUT2D eigenvalue weighted by Gasteiger charge is 2.44. The molecule has 1 aromatic heterocycles. The van der Waals surface area contributed by atoms with E-state index >= 15 is 8.78 Å². The number of halogens is 2. The van der Waals surface area contributed by atoms with Gasteiger partial charge in [0.05, 0.1) is 19.3 Å². The number of aromatic nitrogens is 1. The number of hydrogen-bond donors (Lipinski definition) is 1. The van der Waals surface area contributed by atoms with Crippen LogP contribution in [0.3, 0.4) is 0 Å². The van der Waals surface area contributed by atoms with Gasteiger partial charge in [-0.1, -0.05) is 38.5 Å². The normalized spacial score (nSPS) is 24.0. The predicted octanol–water partition coefficient (Wildman–Crippen LogP) is 5.54. The lowest BCUT2D eigenvalue weighted by molar-refractivity contribution is -0.123. The molecule has 0 radical (unpaired) electrons. The summed E-state index contributed by atoms with van der Waals surface area (Å²) >= 11 is 0. The molecule has 0 saturated carbocycles. The van der Waals surface area contributed by atoms with E-state index in [2.05, 4.69) is 41.6 Å². The lowest BCUT2D eigenvalue weighted by Crippen LogP contribution is -2.54. The first-order valence-corrected chi connectivity index (χ1v) is 13.6. The Morgan fingerprint density at radius 1 is 1.14 bits per heavy atom. The van der Waals surface area contributed by atoms with Gasteiger partial charge in [-0.15, -0.1) is 0 Å². The molecule has 5 nitrogen and oxygen atoms in total. The second kappa shape index (κ2) is 9.68. The number of H-pyrrole nitrogens is 1. The SMILES string of the molecule is CCC1CN(CCOc2cc(F)c([C@@H]3c4[nH]c5ccccc5c4C[C@@H](C)N3CC3(C)COC3)c(F)c2)C1. The molecule has 2 atom stereocenters. The zero-order valence-electron chi connectivity index (χ0n) is 22.0. The Bertz CT molecular complexity index is 1260. The van der Waals surface area contributed by atoms with Crippen LogP contribution in [0.15, 0.2) is 36.4 Å². The highest BCUT2D eigenvalue weighted by atomic mass is 19.1. The van der Waals surface area contributed by atoms with Crippen molar-refractivity contribution in [2.75, 3.05) is 46.0 Å². The monoisotopic (exact) mass is 509 g/mol. The third-order valence-corrected chi connectivity index (χ3v) is 8.60. The molecule has 3 aromatic rings. The minimum Gasteiger partial charge on any atom is -0.492 e. The number of rotatable bonds is 8. The van der Waals surface area contributed by atoms with E-state index in [9.17, 15) is 0 Å². The van der Waals surface area contributed by atoms with Gasteiger partial charge in [-0.2, -0.15) is 0 Å². The molecule has 0 aliphatic carbocycles. The summed E-state index contributed by atoms with van der Waals surface area (Å²) in [7, 11) is 0. The molecule has 0 bridgehead atoms. The maximum absolute atomic E-state index is 15.8. The first-order valence-electron chi connectivity index (χ1n) is 13.6. The molecule has 37 heavy (non-hydrogen) atoms. The van der Waals surface area contributed by atoms with Gasteiger partial charge in [0.15, 0.2) is 0 Å². The van der Waals surface area contributed by atoms with Gasteiger partial charge < -0.3 is 14.5 Å². The van der Waals surface area contributed by atoms with E-state index in [1.807, 2.05) is 18.2 Å². The van der Waals surface area contributed by atoms with Gasteiger partial charge in [-0.25, -0.2) is 8.78 Å². The summed E-state index contributed by atoms with van der Waals surface area (Å²) in [6.45, 7) is 11.9. The fraction of sp³-hybridized carbons (Fsp3) is 0.533. The molecule has 2 saturated heterocycles. The van der Waals surface area contributed by atoms with Crippen LogP contribution in [0.2, 0.25) is 0 Å². The number of ether oxygens (including phenoxy) is 2. The van der Waals surface area contributed by atoms with Crippen molar-refractivity contribution in [2.24, 2.45) is 11.3 Å². The molecule has 1 N–H and O–H groups in total. The molecule has 0 unspecified atom stereocenters. The molecule has 3 aliphatic rings. The van der Waals surface area contributed by atoms with Crippen molar-refractivity contribution in [1.29, 1.82) is 0 Å². The van der Waals surface area contributed by atoms with Gasteiger partial charge in [0.1, 0.15) is 24.0 Å². The number of fused-ring (bicyclic) bond motifs is 3. The molecule has 0 amide bonds. The van der Waals surface area contributed by atoms with Crippen LogP contribution in [-0.2, 0) is 11.2 Å². The Hall–Kier alpha value is -2.48. The van der Waals surface area contributed by atoms with Crippen molar-refractivity contribution < 1.29 is 18.3 Å². The summed E-state index contributed by atoms with van der Waals surface area (Å²) in [5.41, 5.74) is 3.10. The minimum absolute atomic E-state index is 0.0281. The molecule has 0 spiro atoms. The molecule has 3 aliphatic heterocycles. The summed E-state index contributed by atoms with van der Waals surface area (Å²) in [6, 6.07) is 10.4. The van der Waals surface area contributed by atoms with Crippen LogP contribution in [0.1, 0.15) is 50.1 Å². The van der Waals surface area contributed by atoms with E-state index < -0.39 is 17.7 Å². The molecular formula is C30H37F2N3O2. The third kappa shape index (κ3) is 4.55. The predicted molar refractivity (Wildman–Crippen MR) is 141 cm³/mol. The van der Waals surface area contributed by atoms with E-state index in [-0.39, 0.29) is 22.8 Å². The second-order valence-corrected chi connectivity index (χ2v) is 11.7. The maximum Gasteiger partial charge on any atom is 0.135 e. The summed E-state index contributed by atoms with van der Waals surface area (Å²) < 4.78 is 43.0. The number of nitrogens with zero attached hydrogens (tertiary/aromatic N) is 2. The number of para-hydroxylation sites is 1. The second-order valence-electron chi connectivity index (χ2n) is 11.7. The van der Waals surface area contributed by atoms with E-state index in [0.29, 0.717) is 26.4 Å². The fourth-order valence-corrected chi connectivity index (χ4v) is 6.36. The van der Waals surface area contributed by atoms with Crippen molar-refractivity contribution in [1.82, 2.24) is 14.8 Å². The molecule has 4 heterocycles. The van der Waals surface area contributed by atoms with Crippen LogP contribution >= 0.6 is 0 Å². The lowest BCUT2D eigenvalue weighted by Gasteiger charge is -2.48. The number of aromatic amines is 1. The molecule has 2 aromatic carbocycles. The van der Waals surface area contributed by atoms with E-state index in [1.165, 1.54) is 18.6 Å². The van der Waals surface area contributed by atoms with E-state index in [0.717, 1.165) is 54.1 Å². The Labute approximate surface area is 217 Å². The van der Waals surface area contributed by atoms with Gasteiger partial charge >= 0.3 is 0 Å². The Morgan fingerprint density at radius 2 is 1.86 bits per heavy atom. The third-order valence-electron chi connectivity index (χ3n) is 8.60. The quantitative estimate of drug-likeness (QED) is 0.433. The first-order chi connectivity index (χ1) is 17.8. The average Bonchev–Trinajstić information content (AvgIpc) is 3.19. The van der Waals surface area contributed by atoms with Crippen LogP contribution in [0.25, 0.3) is 10.9 Å². The van der Waals surface area contributed by atoms with Crippen molar-refractivity contribution in [3.63, 3.8) is 0 Å². The van der Waals surface area contributed by atoms with Crippen LogP contribution in [0.5, 0.6) is 5.75 Å². The van der Waals surface area contributed by atoms with Gasteiger partial charge in [0, 0.05) is 71.9 Å². The number of likely N-dealkylation sites (tertiary alicyclic amines) is 1. The highest BCUT2D eigenvalue weighted by molar-refractivity contribution is 5.85. The molecule has 198 valence electrons. The summed E-state index contributed by atoms with van der Waals surface area (Å²) in [5.74, 6) is -0.112. The number of benzene rings is 2. The minimum atomic E-state index is -0.561. The van der Waals surface area contributed by atoms with Crippen LogP contribution < -0.4 is 4.74 Å². The average molecular weight is 510 g/mol. The topological polar surface area (TPSA) is 40.7 Å². The number of hydrogen-bond acceptors (Lipinski definition) is 4. The van der Waals surface area contributed by atoms with E-state index in [4.69, 9.17) is 9.47 Å². The zero-order chi connectivity index (χ0) is 25.7. The van der Waals surface area contributed by atoms with Crippen molar-refractivity contribution >= 4 is 10.9 Å². The van der Waals surface area contributed by atoms with E-state index in [1.54, 1.807) is 0 Å². The van der Waals surface area contributed by atoms with Crippen LogP contribution in [0, 0.1) is 23.0 Å². The van der Waals surface area contributed by atoms with Crippen LogP contribution in [-0.4, -0.2) is 66.8 Å². The molecule has 6 rings (SSSR count). The Morgan fingerprint density at radius 3 is 2.54 bits per heavy atom. The fourth-order valence-electron chi connectivity index (χ4n) is 6.36. The van der Waals surface area contributed by atoms with Crippen LogP contribution in [0.4, 0.5) is 8.78 Å².